The Kier molecular flexibility index (Phi) is 6.36. The molecule has 0 spiro atoms. The number of ether oxygens (including phenoxy) is 1. The van der Waals surface area contributed by atoms with Gasteiger partial charge in [-0.15, -0.1) is 0 Å². The van der Waals surface area contributed by atoms with Crippen LogP contribution in [0.25, 0.3) is 0 Å². The number of hydrogen-bond donors (Lipinski definition) is 3. The van der Waals surface area contributed by atoms with E-state index < -0.39 is 10.0 Å². The van der Waals surface area contributed by atoms with Crippen LogP contribution in [0.4, 0.5) is 17.1 Å². The summed E-state index contributed by atoms with van der Waals surface area (Å²) in [4.78, 5) is 0.176. The van der Waals surface area contributed by atoms with Crippen molar-refractivity contribution >= 4 is 44.4 Å². The standard InChI is InChI=1S/C21H21N3O3S2/c1-15-11-12-18(23-21(28)22-17-9-6-10-19(13-17)27-2)14-20(15)29(25,26)24-16-7-4-3-5-8-16/h3-14,24H,1-2H3,(H2,22,23,28). The summed E-state index contributed by atoms with van der Waals surface area (Å²) in [5, 5.41) is 6.41. The lowest BCUT2D eigenvalue weighted by Gasteiger charge is -2.14. The van der Waals surface area contributed by atoms with E-state index in [-0.39, 0.29) is 4.90 Å². The van der Waals surface area contributed by atoms with Gasteiger partial charge in [0.1, 0.15) is 5.75 Å². The van der Waals surface area contributed by atoms with Crippen LogP contribution < -0.4 is 20.1 Å². The Bertz CT molecular complexity index is 1120. The lowest BCUT2D eigenvalue weighted by Crippen LogP contribution is -2.20. The highest BCUT2D eigenvalue weighted by Crippen LogP contribution is 2.23. The molecule has 0 aliphatic rings. The fourth-order valence-electron chi connectivity index (χ4n) is 2.68. The predicted octanol–water partition coefficient (Wildman–Crippen LogP) is 4.61. The van der Waals surface area contributed by atoms with E-state index in [0.29, 0.717) is 27.8 Å². The monoisotopic (exact) mass is 427 g/mol. The van der Waals surface area contributed by atoms with Gasteiger partial charge in [-0.05, 0) is 61.1 Å². The van der Waals surface area contributed by atoms with Crippen LogP contribution in [0.2, 0.25) is 0 Å². The molecule has 0 saturated heterocycles. The lowest BCUT2D eigenvalue weighted by atomic mass is 10.2. The van der Waals surface area contributed by atoms with Crippen molar-refractivity contribution in [2.75, 3.05) is 22.5 Å². The Balaban J connectivity index is 1.77. The second-order valence-corrected chi connectivity index (χ2v) is 8.32. The van der Waals surface area contributed by atoms with Gasteiger partial charge in [-0.2, -0.15) is 0 Å². The molecule has 0 atom stereocenters. The molecular formula is C21H21N3O3S2. The van der Waals surface area contributed by atoms with Crippen LogP contribution in [0.3, 0.4) is 0 Å². The highest BCUT2D eigenvalue weighted by Gasteiger charge is 2.18. The molecule has 0 heterocycles. The third kappa shape index (κ3) is 5.46. The normalized spacial score (nSPS) is 10.8. The minimum atomic E-state index is -3.74. The first kappa shape index (κ1) is 20.6. The van der Waals surface area contributed by atoms with E-state index in [4.69, 9.17) is 17.0 Å². The topological polar surface area (TPSA) is 79.5 Å². The van der Waals surface area contributed by atoms with Gasteiger partial charge in [-0.3, -0.25) is 4.72 Å². The van der Waals surface area contributed by atoms with Crippen LogP contribution in [0.15, 0.2) is 77.7 Å². The maximum absolute atomic E-state index is 12.8. The van der Waals surface area contributed by atoms with Crippen molar-refractivity contribution in [2.45, 2.75) is 11.8 Å². The van der Waals surface area contributed by atoms with Gasteiger partial charge in [0.15, 0.2) is 5.11 Å². The van der Waals surface area contributed by atoms with E-state index in [1.165, 1.54) is 0 Å². The molecule has 0 fully saturated rings. The van der Waals surface area contributed by atoms with Gasteiger partial charge in [-0.1, -0.05) is 30.3 Å². The number of rotatable bonds is 6. The maximum Gasteiger partial charge on any atom is 0.262 e. The van der Waals surface area contributed by atoms with Crippen LogP contribution >= 0.6 is 12.2 Å². The molecule has 29 heavy (non-hydrogen) atoms. The van der Waals surface area contributed by atoms with Crippen LogP contribution in [0.1, 0.15) is 5.56 Å². The fourth-order valence-corrected chi connectivity index (χ4v) is 4.24. The highest BCUT2D eigenvalue weighted by molar-refractivity contribution is 7.92. The summed E-state index contributed by atoms with van der Waals surface area (Å²) in [6, 6.07) is 21.2. The Morgan fingerprint density at radius 2 is 1.52 bits per heavy atom. The highest BCUT2D eigenvalue weighted by atomic mass is 32.2. The van der Waals surface area contributed by atoms with Gasteiger partial charge >= 0.3 is 0 Å². The molecule has 3 N–H and O–H groups in total. The third-order valence-corrected chi connectivity index (χ3v) is 5.82. The van der Waals surface area contributed by atoms with Crippen LogP contribution in [0, 0.1) is 6.92 Å². The van der Waals surface area contributed by atoms with Crippen molar-refractivity contribution < 1.29 is 13.2 Å². The SMILES string of the molecule is COc1cccc(NC(=S)Nc2ccc(C)c(S(=O)(=O)Nc3ccccc3)c2)c1. The average Bonchev–Trinajstić information content (AvgIpc) is 2.70. The first-order valence-electron chi connectivity index (χ1n) is 8.78. The lowest BCUT2D eigenvalue weighted by molar-refractivity contribution is 0.415. The van der Waals surface area contributed by atoms with E-state index in [9.17, 15) is 8.42 Å². The molecule has 3 rings (SSSR count). The number of hydrogen-bond acceptors (Lipinski definition) is 4. The summed E-state index contributed by atoms with van der Waals surface area (Å²) in [5.74, 6) is 0.702. The van der Waals surface area contributed by atoms with E-state index in [1.807, 2.05) is 30.3 Å². The Morgan fingerprint density at radius 3 is 2.21 bits per heavy atom. The zero-order chi connectivity index (χ0) is 20.9. The van der Waals surface area contributed by atoms with E-state index in [1.54, 1.807) is 56.5 Å². The summed E-state index contributed by atoms with van der Waals surface area (Å²) in [6.07, 6.45) is 0. The van der Waals surface area contributed by atoms with Gasteiger partial charge in [0.2, 0.25) is 0 Å². The first-order chi connectivity index (χ1) is 13.9. The quantitative estimate of drug-likeness (QED) is 0.499. The van der Waals surface area contributed by atoms with Crippen molar-refractivity contribution in [3.63, 3.8) is 0 Å². The summed E-state index contributed by atoms with van der Waals surface area (Å²) < 4.78 is 33.4. The number of nitrogens with one attached hydrogen (secondary N) is 3. The Labute approximate surface area is 176 Å². The van der Waals surface area contributed by atoms with Crippen LogP contribution in [0.5, 0.6) is 5.75 Å². The average molecular weight is 428 g/mol. The van der Waals surface area contributed by atoms with Crippen molar-refractivity contribution in [3.05, 3.63) is 78.4 Å². The van der Waals surface area contributed by atoms with Crippen molar-refractivity contribution in [3.8, 4) is 5.75 Å². The summed E-state index contributed by atoms with van der Waals surface area (Å²) in [5.41, 5.74) is 2.45. The number of benzene rings is 3. The largest absolute Gasteiger partial charge is 0.497 e. The molecule has 0 aliphatic heterocycles. The molecule has 0 radical (unpaired) electrons. The molecule has 0 aliphatic carbocycles. The van der Waals surface area contributed by atoms with Gasteiger partial charge in [0.25, 0.3) is 10.0 Å². The number of thiocarbonyl (C=S) groups is 1. The summed E-state index contributed by atoms with van der Waals surface area (Å²) >= 11 is 5.34. The molecule has 0 aromatic heterocycles. The van der Waals surface area contributed by atoms with Crippen LogP contribution in [-0.2, 0) is 10.0 Å². The van der Waals surface area contributed by atoms with E-state index in [0.717, 1.165) is 5.69 Å². The zero-order valence-corrected chi connectivity index (χ0v) is 17.6. The van der Waals surface area contributed by atoms with Gasteiger partial charge < -0.3 is 15.4 Å². The van der Waals surface area contributed by atoms with E-state index in [2.05, 4.69) is 15.4 Å². The number of para-hydroxylation sites is 1. The van der Waals surface area contributed by atoms with Crippen molar-refractivity contribution in [1.29, 1.82) is 0 Å². The molecule has 0 unspecified atom stereocenters. The van der Waals surface area contributed by atoms with E-state index >= 15 is 0 Å². The Morgan fingerprint density at radius 1 is 0.862 bits per heavy atom. The molecule has 3 aromatic rings. The number of anilines is 3. The second kappa shape index (κ2) is 8.93. The predicted molar refractivity (Wildman–Crippen MR) is 121 cm³/mol. The number of sulfonamides is 1. The molecule has 6 nitrogen and oxygen atoms in total. The minimum Gasteiger partial charge on any atom is -0.497 e. The Hall–Kier alpha value is -3.10. The van der Waals surface area contributed by atoms with Gasteiger partial charge in [0.05, 0.1) is 12.0 Å². The molecule has 150 valence electrons. The second-order valence-electron chi connectivity index (χ2n) is 6.26. The molecule has 0 bridgehead atoms. The maximum atomic E-state index is 12.8. The molecule has 0 amide bonds. The summed E-state index contributed by atoms with van der Waals surface area (Å²) in [6.45, 7) is 1.75. The van der Waals surface area contributed by atoms with Gasteiger partial charge in [-0.25, -0.2) is 8.42 Å². The zero-order valence-electron chi connectivity index (χ0n) is 16.0. The van der Waals surface area contributed by atoms with Crippen molar-refractivity contribution in [1.82, 2.24) is 0 Å². The minimum absolute atomic E-state index is 0.176. The van der Waals surface area contributed by atoms with Gasteiger partial charge in [0, 0.05) is 23.1 Å². The fraction of sp³-hybridized carbons (Fsp3) is 0.0952. The number of aryl methyl sites for hydroxylation is 1. The molecule has 8 heteroatoms. The summed E-state index contributed by atoms with van der Waals surface area (Å²) in [7, 11) is -2.15. The molecule has 3 aromatic carbocycles. The molecule has 0 saturated carbocycles. The van der Waals surface area contributed by atoms with Crippen LogP contribution in [-0.4, -0.2) is 20.6 Å². The van der Waals surface area contributed by atoms with Crippen molar-refractivity contribution in [2.24, 2.45) is 0 Å². The smallest absolute Gasteiger partial charge is 0.262 e. The first-order valence-corrected chi connectivity index (χ1v) is 10.7. The molecular weight excluding hydrogens is 406 g/mol. The number of methoxy groups -OCH3 is 1. The third-order valence-electron chi connectivity index (χ3n) is 4.09.